The molecule has 1 unspecified atom stereocenters. The summed E-state index contributed by atoms with van der Waals surface area (Å²) < 4.78 is 0. The lowest BCUT2D eigenvalue weighted by Crippen LogP contribution is -2.41. The molecule has 1 aromatic carbocycles. The van der Waals surface area contributed by atoms with E-state index in [-0.39, 0.29) is 0 Å². The lowest BCUT2D eigenvalue weighted by Gasteiger charge is -2.42. The summed E-state index contributed by atoms with van der Waals surface area (Å²) in [6.07, 6.45) is 3.75. The van der Waals surface area contributed by atoms with Gasteiger partial charge in [-0.3, -0.25) is 0 Å². The molecule has 1 rings (SSSR count). The van der Waals surface area contributed by atoms with Gasteiger partial charge < -0.3 is 0 Å². The summed E-state index contributed by atoms with van der Waals surface area (Å²) in [4.78, 5) is 2.60. The summed E-state index contributed by atoms with van der Waals surface area (Å²) in [5.41, 5.74) is 0.868. The van der Waals surface area contributed by atoms with Crippen LogP contribution in [0.1, 0.15) is 47.0 Å². The summed E-state index contributed by atoms with van der Waals surface area (Å²) in [5, 5.41) is 0.488. The molecule has 1 atom stereocenters. The number of hydrogen-bond donors (Lipinski definition) is 0. The van der Waals surface area contributed by atoms with Crippen molar-refractivity contribution < 1.29 is 0 Å². The molecule has 0 nitrogen and oxygen atoms in total. The van der Waals surface area contributed by atoms with Gasteiger partial charge in [-0.2, -0.15) is 0 Å². The van der Waals surface area contributed by atoms with E-state index in [1.54, 1.807) is 0 Å². The van der Waals surface area contributed by atoms with Crippen molar-refractivity contribution in [2.75, 3.05) is 0 Å². The molecule has 0 fully saturated rings. The Morgan fingerprint density at radius 2 is 1.76 bits per heavy atom. The molecule has 118 valence electrons. The monoisotopic (exact) mass is 320 g/mol. The lowest BCUT2D eigenvalue weighted by atomic mass is 10.2. The summed E-state index contributed by atoms with van der Waals surface area (Å²) in [5.74, 6) is 0. The molecule has 2 heteroatoms. The van der Waals surface area contributed by atoms with E-state index < -0.39 is 8.07 Å². The van der Waals surface area contributed by atoms with Crippen molar-refractivity contribution in [2.24, 2.45) is 0 Å². The van der Waals surface area contributed by atoms with Gasteiger partial charge in [0.1, 0.15) is 0 Å². The first-order valence-corrected chi connectivity index (χ1v) is 11.9. The maximum atomic E-state index is 4.23. The normalized spacial score (nSPS) is 14.0. The van der Waals surface area contributed by atoms with E-state index in [0.29, 0.717) is 5.04 Å². The Bertz CT molecular complexity index is 442. The van der Waals surface area contributed by atoms with E-state index in [0.717, 1.165) is 12.0 Å². The van der Waals surface area contributed by atoms with Crippen molar-refractivity contribution in [3.8, 4) is 0 Å². The van der Waals surface area contributed by atoms with Crippen molar-refractivity contribution in [3.63, 3.8) is 0 Å². The second-order valence-electron chi connectivity index (χ2n) is 7.72. The topological polar surface area (TPSA) is 0 Å². The second kappa shape index (κ2) is 7.69. The van der Waals surface area contributed by atoms with E-state index in [4.69, 9.17) is 0 Å². The van der Waals surface area contributed by atoms with Crippen LogP contribution >= 0.6 is 11.8 Å². The standard InChI is InChI=1S/C19H32SSi/c1-16(20-18-14-9-8-10-15-18)12-11-13-17(2)21(6,7)19(3,4)5/h8-10,14-15,17H,1,11-13H2,2-7H3. The SMILES string of the molecule is C=C(CCCC(C)[Si](C)(C)C(C)(C)C)Sc1ccccc1. The Balaban J connectivity index is 2.38. The molecule has 0 aliphatic heterocycles. The van der Waals surface area contributed by atoms with Crippen molar-refractivity contribution in [1.82, 2.24) is 0 Å². The molecule has 0 radical (unpaired) electrons. The zero-order valence-corrected chi connectivity index (χ0v) is 16.5. The van der Waals surface area contributed by atoms with Gasteiger partial charge >= 0.3 is 0 Å². The molecule has 0 aromatic heterocycles. The Morgan fingerprint density at radius 3 is 2.29 bits per heavy atom. The van der Waals surface area contributed by atoms with Crippen LogP contribution in [0.4, 0.5) is 0 Å². The van der Waals surface area contributed by atoms with Crippen LogP contribution < -0.4 is 0 Å². The average molecular weight is 321 g/mol. The van der Waals surface area contributed by atoms with Crippen LogP contribution in [0, 0.1) is 0 Å². The molecule has 1 aromatic rings. The van der Waals surface area contributed by atoms with Gasteiger partial charge in [-0.1, -0.05) is 83.7 Å². The molecule has 0 amide bonds. The van der Waals surface area contributed by atoms with Crippen LogP contribution in [0.15, 0.2) is 46.7 Å². The van der Waals surface area contributed by atoms with Crippen molar-refractivity contribution >= 4 is 19.8 Å². The van der Waals surface area contributed by atoms with Crippen molar-refractivity contribution in [3.05, 3.63) is 41.8 Å². The third kappa shape index (κ3) is 5.67. The van der Waals surface area contributed by atoms with E-state index in [1.165, 1.54) is 22.6 Å². The van der Waals surface area contributed by atoms with Gasteiger partial charge in [0.15, 0.2) is 0 Å². The zero-order valence-electron chi connectivity index (χ0n) is 14.7. The first-order valence-electron chi connectivity index (χ1n) is 8.05. The van der Waals surface area contributed by atoms with Crippen LogP contribution in [0.25, 0.3) is 0 Å². The number of thioether (sulfide) groups is 1. The molecule has 0 bridgehead atoms. The predicted molar refractivity (Wildman–Crippen MR) is 102 cm³/mol. The maximum absolute atomic E-state index is 4.23. The fourth-order valence-electron chi connectivity index (χ4n) is 2.41. The van der Waals surface area contributed by atoms with Gasteiger partial charge in [0.05, 0.1) is 8.07 Å². The number of rotatable bonds is 7. The predicted octanol–water partition coefficient (Wildman–Crippen LogP) is 7.36. The maximum Gasteiger partial charge on any atom is 0.0556 e. The van der Waals surface area contributed by atoms with Crippen LogP contribution in [-0.4, -0.2) is 8.07 Å². The molecule has 21 heavy (non-hydrogen) atoms. The molecule has 0 saturated carbocycles. The minimum atomic E-state index is -1.19. The van der Waals surface area contributed by atoms with E-state index >= 15 is 0 Å². The Labute approximate surface area is 137 Å². The lowest BCUT2D eigenvalue weighted by molar-refractivity contribution is 0.641. The van der Waals surface area contributed by atoms with Crippen LogP contribution in [0.3, 0.4) is 0 Å². The van der Waals surface area contributed by atoms with Gasteiger partial charge in [0.2, 0.25) is 0 Å². The third-order valence-corrected chi connectivity index (χ3v) is 12.9. The molecule has 0 aliphatic rings. The minimum absolute atomic E-state index is 0.488. The molecular formula is C19H32SSi. The summed E-state index contributed by atoms with van der Waals surface area (Å²) in [6.45, 7) is 19.0. The highest BCUT2D eigenvalue weighted by Gasteiger charge is 2.39. The molecule has 0 spiro atoms. The Hall–Kier alpha value is -0.473. The quantitative estimate of drug-likeness (QED) is 0.373. The molecule has 0 N–H and O–H groups in total. The molecular weight excluding hydrogens is 288 g/mol. The fraction of sp³-hybridized carbons (Fsp3) is 0.579. The fourth-order valence-corrected chi connectivity index (χ4v) is 5.69. The molecule has 0 aliphatic carbocycles. The highest BCUT2D eigenvalue weighted by atomic mass is 32.2. The number of hydrogen-bond acceptors (Lipinski definition) is 1. The number of allylic oxidation sites excluding steroid dienone is 1. The van der Waals surface area contributed by atoms with Gasteiger partial charge in [0.25, 0.3) is 0 Å². The van der Waals surface area contributed by atoms with Gasteiger partial charge in [0, 0.05) is 4.90 Å². The van der Waals surface area contributed by atoms with Gasteiger partial charge in [-0.15, -0.1) is 0 Å². The van der Waals surface area contributed by atoms with Crippen LogP contribution in [-0.2, 0) is 0 Å². The first-order chi connectivity index (χ1) is 9.64. The minimum Gasteiger partial charge on any atom is -0.0952 e. The molecule has 0 heterocycles. The smallest absolute Gasteiger partial charge is 0.0556 e. The summed E-state index contributed by atoms with van der Waals surface area (Å²) >= 11 is 1.83. The van der Waals surface area contributed by atoms with Gasteiger partial charge in [-0.25, -0.2) is 0 Å². The number of benzene rings is 1. The largest absolute Gasteiger partial charge is 0.0952 e. The Morgan fingerprint density at radius 1 is 1.19 bits per heavy atom. The second-order valence-corrected chi connectivity index (χ2v) is 14.9. The zero-order chi connectivity index (χ0) is 16.1. The van der Waals surface area contributed by atoms with Gasteiger partial charge in [-0.05, 0) is 40.5 Å². The van der Waals surface area contributed by atoms with Crippen LogP contribution in [0.2, 0.25) is 23.7 Å². The third-order valence-electron chi connectivity index (χ3n) is 5.26. The summed E-state index contributed by atoms with van der Waals surface area (Å²) in [7, 11) is -1.19. The van der Waals surface area contributed by atoms with Crippen molar-refractivity contribution in [1.29, 1.82) is 0 Å². The van der Waals surface area contributed by atoms with E-state index in [9.17, 15) is 0 Å². The van der Waals surface area contributed by atoms with Crippen molar-refractivity contribution in [2.45, 2.75) is 75.5 Å². The van der Waals surface area contributed by atoms with E-state index in [2.05, 4.69) is 77.7 Å². The molecule has 0 saturated heterocycles. The highest BCUT2D eigenvalue weighted by Crippen LogP contribution is 2.45. The summed E-state index contributed by atoms with van der Waals surface area (Å²) in [6, 6.07) is 10.6. The highest BCUT2D eigenvalue weighted by molar-refractivity contribution is 8.03. The first kappa shape index (κ1) is 18.6. The Kier molecular flexibility index (Phi) is 6.80. The van der Waals surface area contributed by atoms with E-state index in [1.807, 2.05) is 11.8 Å². The average Bonchev–Trinajstić information content (AvgIpc) is 2.38. The van der Waals surface area contributed by atoms with Crippen LogP contribution in [0.5, 0.6) is 0 Å².